The highest BCUT2D eigenvalue weighted by Crippen LogP contribution is 2.31. The molecule has 0 bridgehead atoms. The van der Waals surface area contributed by atoms with E-state index in [0.29, 0.717) is 24.5 Å². The summed E-state index contributed by atoms with van der Waals surface area (Å²) < 4.78 is 11.1. The smallest absolute Gasteiger partial charge is 0.254 e. The van der Waals surface area contributed by atoms with Crippen molar-refractivity contribution in [1.29, 1.82) is 0 Å². The van der Waals surface area contributed by atoms with Crippen LogP contribution >= 0.6 is 0 Å². The average Bonchev–Trinajstić information content (AvgIpc) is 2.69. The van der Waals surface area contributed by atoms with E-state index in [4.69, 9.17) is 9.47 Å². The van der Waals surface area contributed by atoms with Crippen molar-refractivity contribution in [2.75, 3.05) is 39.4 Å². The molecule has 2 aromatic carbocycles. The third kappa shape index (κ3) is 3.53. The van der Waals surface area contributed by atoms with Crippen LogP contribution in [0.25, 0.3) is 0 Å². The predicted molar refractivity (Wildman–Crippen MR) is 99.8 cm³/mol. The largest absolute Gasteiger partial charge is 0.486 e. The van der Waals surface area contributed by atoms with E-state index in [1.165, 1.54) is 11.1 Å². The molecule has 0 radical (unpaired) electrons. The molecule has 0 unspecified atom stereocenters. The molecule has 0 N–H and O–H groups in total. The summed E-state index contributed by atoms with van der Waals surface area (Å²) in [5.41, 5.74) is 3.35. The second-order valence-corrected chi connectivity index (χ2v) is 6.85. The Labute approximate surface area is 154 Å². The number of piperazine rings is 1. The Morgan fingerprint density at radius 3 is 2.46 bits per heavy atom. The van der Waals surface area contributed by atoms with E-state index < -0.39 is 0 Å². The van der Waals surface area contributed by atoms with Gasteiger partial charge in [-0.1, -0.05) is 24.3 Å². The van der Waals surface area contributed by atoms with Crippen molar-refractivity contribution < 1.29 is 14.3 Å². The number of carbonyl (C=O) groups excluding carboxylic acids is 1. The highest BCUT2D eigenvalue weighted by molar-refractivity contribution is 5.95. The third-order valence-corrected chi connectivity index (χ3v) is 5.10. The Morgan fingerprint density at radius 2 is 1.69 bits per heavy atom. The van der Waals surface area contributed by atoms with Gasteiger partial charge < -0.3 is 14.4 Å². The van der Waals surface area contributed by atoms with Gasteiger partial charge in [0.1, 0.15) is 13.2 Å². The maximum atomic E-state index is 12.8. The first kappa shape index (κ1) is 16.9. The van der Waals surface area contributed by atoms with Crippen molar-refractivity contribution in [1.82, 2.24) is 9.80 Å². The maximum Gasteiger partial charge on any atom is 0.254 e. The monoisotopic (exact) mass is 352 g/mol. The minimum Gasteiger partial charge on any atom is -0.486 e. The standard InChI is InChI=1S/C21H24N2O3/c1-16-4-2-3-5-18(16)15-22-8-10-23(11-9-22)21(24)17-6-7-19-20(14-17)26-13-12-25-19/h2-7,14H,8-13,15H2,1H3. The lowest BCUT2D eigenvalue weighted by atomic mass is 10.1. The van der Waals surface area contributed by atoms with Crippen molar-refractivity contribution in [2.24, 2.45) is 0 Å². The Hall–Kier alpha value is -2.53. The molecule has 4 rings (SSSR count). The van der Waals surface area contributed by atoms with Gasteiger partial charge in [0.25, 0.3) is 5.91 Å². The van der Waals surface area contributed by atoms with Crippen molar-refractivity contribution in [3.63, 3.8) is 0 Å². The van der Waals surface area contributed by atoms with Gasteiger partial charge in [0, 0.05) is 38.3 Å². The van der Waals surface area contributed by atoms with Gasteiger partial charge in [-0.2, -0.15) is 0 Å². The number of benzene rings is 2. The molecule has 0 spiro atoms. The summed E-state index contributed by atoms with van der Waals surface area (Å²) in [5, 5.41) is 0. The van der Waals surface area contributed by atoms with Crippen LogP contribution in [0, 0.1) is 6.92 Å². The van der Waals surface area contributed by atoms with Crippen LogP contribution in [0.3, 0.4) is 0 Å². The van der Waals surface area contributed by atoms with E-state index in [1.807, 2.05) is 17.0 Å². The number of ether oxygens (including phenoxy) is 2. The fraction of sp³-hybridized carbons (Fsp3) is 0.381. The topological polar surface area (TPSA) is 42.0 Å². The molecule has 0 saturated carbocycles. The molecule has 2 heterocycles. The van der Waals surface area contributed by atoms with Crippen LogP contribution in [0.4, 0.5) is 0 Å². The zero-order chi connectivity index (χ0) is 17.9. The number of hydrogen-bond acceptors (Lipinski definition) is 4. The second-order valence-electron chi connectivity index (χ2n) is 6.85. The number of nitrogens with zero attached hydrogens (tertiary/aromatic N) is 2. The van der Waals surface area contributed by atoms with Crippen LogP contribution in [0.15, 0.2) is 42.5 Å². The minimum atomic E-state index is 0.0671. The second kappa shape index (κ2) is 7.38. The van der Waals surface area contributed by atoms with Crippen LogP contribution < -0.4 is 9.47 Å². The van der Waals surface area contributed by atoms with E-state index in [0.717, 1.165) is 38.5 Å². The van der Waals surface area contributed by atoms with Gasteiger partial charge in [0.05, 0.1) is 0 Å². The molecule has 0 atom stereocenters. The van der Waals surface area contributed by atoms with E-state index >= 15 is 0 Å². The molecule has 5 nitrogen and oxygen atoms in total. The van der Waals surface area contributed by atoms with Crippen molar-refractivity contribution >= 4 is 5.91 Å². The summed E-state index contributed by atoms with van der Waals surface area (Å²) in [6, 6.07) is 14.0. The Bertz CT molecular complexity index is 798. The lowest BCUT2D eigenvalue weighted by molar-refractivity contribution is 0.0627. The van der Waals surface area contributed by atoms with Crippen LogP contribution in [0.5, 0.6) is 11.5 Å². The van der Waals surface area contributed by atoms with Crippen LogP contribution in [-0.2, 0) is 6.54 Å². The zero-order valence-electron chi connectivity index (χ0n) is 15.1. The van der Waals surface area contributed by atoms with E-state index in [-0.39, 0.29) is 5.91 Å². The average molecular weight is 352 g/mol. The quantitative estimate of drug-likeness (QED) is 0.852. The van der Waals surface area contributed by atoms with Crippen LogP contribution in [0.2, 0.25) is 0 Å². The Morgan fingerprint density at radius 1 is 0.962 bits per heavy atom. The minimum absolute atomic E-state index is 0.0671. The normalized spacial score (nSPS) is 17.2. The van der Waals surface area contributed by atoms with Crippen molar-refractivity contribution in [3.8, 4) is 11.5 Å². The summed E-state index contributed by atoms with van der Waals surface area (Å²) in [7, 11) is 0. The molecular weight excluding hydrogens is 328 g/mol. The molecule has 2 aromatic rings. The molecule has 0 aliphatic carbocycles. The summed E-state index contributed by atoms with van der Waals surface area (Å²) in [6.45, 7) is 7.47. The Balaban J connectivity index is 1.37. The predicted octanol–water partition coefficient (Wildman–Crippen LogP) is 2.72. The Kier molecular flexibility index (Phi) is 4.80. The first-order valence-corrected chi connectivity index (χ1v) is 9.16. The lowest BCUT2D eigenvalue weighted by Crippen LogP contribution is -2.48. The van der Waals surface area contributed by atoms with Crippen LogP contribution in [0.1, 0.15) is 21.5 Å². The van der Waals surface area contributed by atoms with Gasteiger partial charge in [-0.3, -0.25) is 9.69 Å². The summed E-state index contributed by atoms with van der Waals surface area (Å²) in [6.07, 6.45) is 0. The molecular formula is C21H24N2O3. The molecule has 1 amide bonds. The number of hydrogen-bond donors (Lipinski definition) is 0. The fourth-order valence-corrected chi connectivity index (χ4v) is 3.50. The van der Waals surface area contributed by atoms with Gasteiger partial charge >= 0.3 is 0 Å². The van der Waals surface area contributed by atoms with Crippen molar-refractivity contribution in [3.05, 3.63) is 59.2 Å². The molecule has 2 aliphatic rings. The number of amides is 1. The van der Waals surface area contributed by atoms with E-state index in [1.54, 1.807) is 6.07 Å². The fourth-order valence-electron chi connectivity index (χ4n) is 3.50. The molecule has 136 valence electrons. The maximum absolute atomic E-state index is 12.8. The zero-order valence-corrected chi connectivity index (χ0v) is 15.1. The van der Waals surface area contributed by atoms with Gasteiger partial charge in [-0.25, -0.2) is 0 Å². The van der Waals surface area contributed by atoms with Gasteiger partial charge in [0.15, 0.2) is 11.5 Å². The molecule has 1 saturated heterocycles. The molecule has 5 heteroatoms. The lowest BCUT2D eigenvalue weighted by Gasteiger charge is -2.35. The highest BCUT2D eigenvalue weighted by atomic mass is 16.6. The summed E-state index contributed by atoms with van der Waals surface area (Å²) >= 11 is 0. The van der Waals surface area contributed by atoms with Crippen molar-refractivity contribution in [2.45, 2.75) is 13.5 Å². The molecule has 0 aromatic heterocycles. The number of rotatable bonds is 3. The number of aryl methyl sites for hydroxylation is 1. The molecule has 26 heavy (non-hydrogen) atoms. The van der Waals surface area contributed by atoms with E-state index in [9.17, 15) is 4.79 Å². The summed E-state index contributed by atoms with van der Waals surface area (Å²) in [4.78, 5) is 17.2. The molecule has 1 fully saturated rings. The number of carbonyl (C=O) groups is 1. The molecule has 2 aliphatic heterocycles. The van der Waals surface area contributed by atoms with Crippen LogP contribution in [-0.4, -0.2) is 55.1 Å². The first-order valence-electron chi connectivity index (χ1n) is 9.16. The SMILES string of the molecule is Cc1ccccc1CN1CCN(C(=O)c2ccc3c(c2)OCCO3)CC1. The third-order valence-electron chi connectivity index (χ3n) is 5.10. The summed E-state index contributed by atoms with van der Waals surface area (Å²) in [5.74, 6) is 1.45. The van der Waals surface area contributed by atoms with Gasteiger partial charge in [-0.05, 0) is 36.2 Å². The highest BCUT2D eigenvalue weighted by Gasteiger charge is 2.24. The first-order chi connectivity index (χ1) is 12.7. The van der Waals surface area contributed by atoms with Gasteiger partial charge in [-0.15, -0.1) is 0 Å². The van der Waals surface area contributed by atoms with E-state index in [2.05, 4.69) is 36.1 Å². The van der Waals surface area contributed by atoms with Gasteiger partial charge in [0.2, 0.25) is 0 Å². The number of fused-ring (bicyclic) bond motifs is 1.